The van der Waals surface area contributed by atoms with E-state index >= 15 is 0 Å². The summed E-state index contributed by atoms with van der Waals surface area (Å²) in [5.41, 5.74) is -1.77. The number of H-pyrrole nitrogens is 1. The highest BCUT2D eigenvalue weighted by Gasteiger charge is 2.51. The number of aliphatic hydroxyl groups excluding tert-OH is 1. The van der Waals surface area contributed by atoms with Crippen LogP contribution in [0.3, 0.4) is 0 Å². The lowest BCUT2D eigenvalue weighted by Crippen LogP contribution is -2.38. The molecule has 1 aliphatic rings. The molecule has 0 aliphatic carbocycles. The number of nitrogens with zero attached hydrogens (tertiary/aromatic N) is 1. The number of ether oxygens (including phenoxy) is 1. The molecular formula is C9H14N2O12P2. The van der Waals surface area contributed by atoms with Crippen LogP contribution in [-0.4, -0.2) is 54.9 Å². The fourth-order valence-electron chi connectivity index (χ4n) is 2.01. The van der Waals surface area contributed by atoms with Gasteiger partial charge in [0.2, 0.25) is 6.29 Å². The predicted octanol–water partition coefficient (Wildman–Crippen LogP) is -2.01. The molecule has 5 N–H and O–H groups in total. The van der Waals surface area contributed by atoms with Gasteiger partial charge in [0, 0.05) is 19.4 Å². The molecule has 0 spiro atoms. The summed E-state index contributed by atoms with van der Waals surface area (Å²) in [6, 6.07) is 0.913. The fourth-order valence-corrected chi connectivity index (χ4v) is 3.07. The molecule has 0 saturated carbocycles. The summed E-state index contributed by atoms with van der Waals surface area (Å²) < 4.78 is 41.3. The Bertz CT molecular complexity index is 828. The van der Waals surface area contributed by atoms with Gasteiger partial charge in [-0.3, -0.25) is 27.9 Å². The Hall–Kier alpha value is -1.18. The molecule has 1 unspecified atom stereocenters. The quantitative estimate of drug-likeness (QED) is 0.326. The van der Waals surface area contributed by atoms with Gasteiger partial charge in [-0.05, 0) is 0 Å². The third-order valence-corrected chi connectivity index (χ3v) is 4.48. The van der Waals surface area contributed by atoms with E-state index in [-0.39, 0.29) is 0 Å². The maximum absolute atomic E-state index is 11.8. The molecule has 1 fully saturated rings. The van der Waals surface area contributed by atoms with Gasteiger partial charge >= 0.3 is 21.3 Å². The largest absolute Gasteiger partial charge is 0.474 e. The fraction of sp³-hybridized carbons (Fsp3) is 0.556. The summed E-state index contributed by atoms with van der Waals surface area (Å²) in [7, 11) is -9.07. The molecule has 0 aromatic carbocycles. The van der Waals surface area contributed by atoms with Gasteiger partial charge < -0.3 is 24.5 Å². The second-order valence-corrected chi connectivity index (χ2v) is 7.43. The minimum Gasteiger partial charge on any atom is -0.385 e. The Morgan fingerprint density at radius 3 is 2.40 bits per heavy atom. The predicted molar refractivity (Wildman–Crippen MR) is 76.1 cm³/mol. The van der Waals surface area contributed by atoms with Crippen molar-refractivity contribution in [2.24, 2.45) is 0 Å². The van der Waals surface area contributed by atoms with E-state index in [4.69, 9.17) is 14.5 Å². The molecule has 14 nitrogen and oxygen atoms in total. The number of hydrogen-bond acceptors (Lipinski definition) is 9. The Morgan fingerprint density at radius 1 is 1.24 bits per heavy atom. The molecule has 1 aromatic rings. The zero-order valence-corrected chi connectivity index (χ0v) is 14.1. The van der Waals surface area contributed by atoms with Gasteiger partial charge in [0.05, 0.1) is 0 Å². The molecule has 1 saturated heterocycles. The normalized spacial score (nSPS) is 29.5. The summed E-state index contributed by atoms with van der Waals surface area (Å²) in [6.45, 7) is 0. The van der Waals surface area contributed by atoms with Crippen molar-refractivity contribution in [1.29, 1.82) is 0 Å². The molecule has 25 heavy (non-hydrogen) atoms. The number of aliphatic hydroxyl groups is 1. The highest BCUT2D eigenvalue weighted by molar-refractivity contribution is 7.47. The van der Waals surface area contributed by atoms with Crippen LogP contribution < -0.4 is 11.2 Å². The van der Waals surface area contributed by atoms with Crippen LogP contribution in [0.15, 0.2) is 21.9 Å². The van der Waals surface area contributed by atoms with E-state index in [1.54, 1.807) is 0 Å². The van der Waals surface area contributed by atoms with Crippen LogP contribution in [0.1, 0.15) is 6.23 Å². The zero-order valence-electron chi connectivity index (χ0n) is 12.4. The van der Waals surface area contributed by atoms with Crippen molar-refractivity contribution in [2.75, 3.05) is 7.11 Å². The minimum absolute atomic E-state index is 0.667. The summed E-state index contributed by atoms with van der Waals surface area (Å²) in [4.78, 5) is 51.8. The van der Waals surface area contributed by atoms with E-state index in [0.717, 1.165) is 19.4 Å². The number of phosphoric acid groups is 2. The van der Waals surface area contributed by atoms with Crippen LogP contribution in [0.5, 0.6) is 0 Å². The summed E-state index contributed by atoms with van der Waals surface area (Å²) >= 11 is 0. The van der Waals surface area contributed by atoms with Crippen LogP contribution in [0.2, 0.25) is 0 Å². The van der Waals surface area contributed by atoms with Gasteiger partial charge in [0.25, 0.3) is 5.56 Å². The van der Waals surface area contributed by atoms with Crippen molar-refractivity contribution < 1.29 is 47.2 Å². The van der Waals surface area contributed by atoms with Gasteiger partial charge in [0.1, 0.15) is 6.10 Å². The summed E-state index contributed by atoms with van der Waals surface area (Å²) in [6.07, 6.45) is -6.58. The molecule has 2 rings (SSSR count). The first-order valence-corrected chi connectivity index (χ1v) is 9.42. The molecule has 1 aliphatic heterocycles. The van der Waals surface area contributed by atoms with Gasteiger partial charge in [-0.15, -0.1) is 0 Å². The van der Waals surface area contributed by atoms with Crippen molar-refractivity contribution in [3.63, 3.8) is 0 Å². The van der Waals surface area contributed by atoms with Crippen LogP contribution >= 0.6 is 15.6 Å². The van der Waals surface area contributed by atoms with Crippen LogP contribution in [0.4, 0.5) is 0 Å². The van der Waals surface area contributed by atoms with Crippen molar-refractivity contribution >= 4 is 15.6 Å². The molecular weight excluding hydrogens is 390 g/mol. The molecule has 142 valence electrons. The zero-order chi connectivity index (χ0) is 19.0. The van der Waals surface area contributed by atoms with E-state index in [1.807, 2.05) is 4.98 Å². The number of rotatable bonds is 6. The molecule has 16 heteroatoms. The van der Waals surface area contributed by atoms with Crippen LogP contribution in [0, 0.1) is 0 Å². The lowest BCUT2D eigenvalue weighted by atomic mass is 10.2. The van der Waals surface area contributed by atoms with Crippen molar-refractivity contribution in [2.45, 2.75) is 24.7 Å². The average molecular weight is 404 g/mol. The smallest absolute Gasteiger partial charge is 0.385 e. The Labute approximate surface area is 138 Å². The van der Waals surface area contributed by atoms with E-state index < -0.39 is 51.6 Å². The molecule has 2 heterocycles. The van der Waals surface area contributed by atoms with E-state index in [2.05, 4.69) is 13.6 Å². The number of nitrogens with one attached hydrogen (secondary N) is 1. The number of aromatic amines is 1. The van der Waals surface area contributed by atoms with Crippen LogP contribution in [-0.2, 0) is 27.4 Å². The molecule has 0 bridgehead atoms. The Morgan fingerprint density at radius 2 is 1.88 bits per heavy atom. The first-order chi connectivity index (χ1) is 11.4. The van der Waals surface area contributed by atoms with E-state index in [1.165, 1.54) is 0 Å². The maximum Gasteiger partial charge on any atom is 0.474 e. The molecule has 0 amide bonds. The first kappa shape index (κ1) is 20.1. The number of phosphoric ester groups is 2. The molecule has 5 atom stereocenters. The molecule has 1 aromatic heterocycles. The highest BCUT2D eigenvalue weighted by atomic mass is 31.2. The number of hydrogen-bond donors (Lipinski definition) is 5. The monoisotopic (exact) mass is 404 g/mol. The third-order valence-electron chi connectivity index (χ3n) is 3.02. The van der Waals surface area contributed by atoms with Crippen LogP contribution in [0.25, 0.3) is 0 Å². The van der Waals surface area contributed by atoms with E-state index in [0.29, 0.717) is 4.57 Å². The third kappa shape index (κ3) is 4.92. The topological polar surface area (TPSA) is 207 Å². The Kier molecular flexibility index (Phi) is 5.81. The SMILES string of the molecule is COP(=O)(O)O[C@H]1O[C@@H](n2ccc(=O)[nH]c2=O)[C@H](O)[C@@H]1OP(=O)(O)O. The van der Waals surface area contributed by atoms with Gasteiger partial charge in [-0.2, -0.15) is 0 Å². The second-order valence-electron chi connectivity index (χ2n) is 4.72. The van der Waals surface area contributed by atoms with E-state index in [9.17, 15) is 28.7 Å². The van der Waals surface area contributed by atoms with Crippen molar-refractivity contribution in [1.82, 2.24) is 9.55 Å². The minimum atomic E-state index is -5.18. The lowest BCUT2D eigenvalue weighted by molar-refractivity contribution is -0.135. The van der Waals surface area contributed by atoms with Gasteiger partial charge in [0.15, 0.2) is 12.3 Å². The average Bonchev–Trinajstić information content (AvgIpc) is 2.74. The summed E-state index contributed by atoms with van der Waals surface area (Å²) in [5, 5.41) is 10.2. The van der Waals surface area contributed by atoms with Crippen molar-refractivity contribution in [3.05, 3.63) is 33.1 Å². The van der Waals surface area contributed by atoms with Crippen molar-refractivity contribution in [3.8, 4) is 0 Å². The van der Waals surface area contributed by atoms with Gasteiger partial charge in [-0.25, -0.2) is 13.9 Å². The standard InChI is InChI=1S/C9H14N2O12P2/c1-20-25(18,19)23-8-6(22-24(15,16)17)5(13)7(21-8)11-3-2-4(12)10-9(11)14/h2-3,5-8,13H,1H3,(H,18,19)(H,10,12,14)(H2,15,16,17)/t5-,6+,7-,8-/m1/s1. The lowest BCUT2D eigenvalue weighted by Gasteiger charge is -2.21. The summed E-state index contributed by atoms with van der Waals surface area (Å²) in [5.74, 6) is 0. The Balaban J connectivity index is 2.38. The second kappa shape index (κ2) is 7.21. The maximum atomic E-state index is 11.8. The number of aromatic nitrogens is 2. The van der Waals surface area contributed by atoms with Gasteiger partial charge in [-0.1, -0.05) is 0 Å². The highest BCUT2D eigenvalue weighted by Crippen LogP contribution is 2.50. The molecule has 0 radical (unpaired) electrons. The first-order valence-electron chi connectivity index (χ1n) is 6.39.